The second-order valence-electron chi connectivity index (χ2n) is 5.36. The van der Waals surface area contributed by atoms with Gasteiger partial charge in [0.2, 0.25) is 0 Å². The van der Waals surface area contributed by atoms with Crippen molar-refractivity contribution in [1.29, 1.82) is 0 Å². The molecular weight excluding hydrogens is 288 g/mol. The van der Waals surface area contributed by atoms with E-state index < -0.39 is 16.6 Å². The maximum absolute atomic E-state index is 11.4. The number of hydrogen-bond acceptors (Lipinski definition) is 6. The van der Waals surface area contributed by atoms with Gasteiger partial charge in [0.1, 0.15) is 17.5 Å². The Morgan fingerprint density at radius 1 is 1.50 bits per heavy atom. The number of nitrogens with two attached hydrogens (primary N) is 1. The number of alkyl carbamates (subject to hydrolysis) is 1. The predicted octanol–water partition coefficient (Wildman–Crippen LogP) is 1.84. The highest BCUT2D eigenvalue weighted by molar-refractivity contribution is 5.68. The fourth-order valence-electron chi connectivity index (χ4n) is 1.40. The highest BCUT2D eigenvalue weighted by Crippen LogP contribution is 2.22. The maximum atomic E-state index is 11.4. The van der Waals surface area contributed by atoms with Crippen LogP contribution >= 0.6 is 0 Å². The van der Waals surface area contributed by atoms with Crippen LogP contribution in [0.1, 0.15) is 32.8 Å². The quantitative estimate of drug-likeness (QED) is 0.380. The molecule has 0 aliphatic heterocycles. The molecule has 1 amide bonds. The van der Waals surface area contributed by atoms with Crippen molar-refractivity contribution in [3.63, 3.8) is 0 Å². The Morgan fingerprint density at radius 3 is 2.77 bits per heavy atom. The van der Waals surface area contributed by atoms with E-state index in [1.165, 1.54) is 6.20 Å². The van der Waals surface area contributed by atoms with Gasteiger partial charge in [-0.1, -0.05) is 11.8 Å². The minimum Gasteiger partial charge on any atom is -0.444 e. The van der Waals surface area contributed by atoms with E-state index in [1.807, 2.05) is 0 Å². The molecule has 0 radical (unpaired) electrons. The van der Waals surface area contributed by atoms with Gasteiger partial charge in [0.15, 0.2) is 0 Å². The molecule has 8 nitrogen and oxygen atoms in total. The highest BCUT2D eigenvalue weighted by Gasteiger charge is 2.15. The SMILES string of the molecule is CC(C)(C)OC(=O)NCCC#Cc1cncc([N+](=O)[O-])c1N. The lowest BCUT2D eigenvalue weighted by molar-refractivity contribution is -0.384. The molecule has 0 spiro atoms. The van der Waals surface area contributed by atoms with Gasteiger partial charge < -0.3 is 15.8 Å². The van der Waals surface area contributed by atoms with Crippen molar-refractivity contribution in [2.24, 2.45) is 0 Å². The zero-order chi connectivity index (χ0) is 16.8. The molecule has 22 heavy (non-hydrogen) atoms. The van der Waals surface area contributed by atoms with Crippen molar-refractivity contribution in [2.75, 3.05) is 12.3 Å². The molecular formula is C14H18N4O4. The van der Waals surface area contributed by atoms with Crippen LogP contribution in [0.4, 0.5) is 16.2 Å². The molecule has 118 valence electrons. The number of nitro groups is 1. The number of amides is 1. The Balaban J connectivity index is 2.54. The van der Waals surface area contributed by atoms with E-state index in [4.69, 9.17) is 10.5 Å². The Bertz CT molecular complexity index is 626. The van der Waals surface area contributed by atoms with Gasteiger partial charge in [-0.05, 0) is 20.8 Å². The highest BCUT2D eigenvalue weighted by atomic mass is 16.6. The minimum atomic E-state index is -0.614. The number of carbonyl (C=O) groups excluding carboxylic acids is 1. The second kappa shape index (κ2) is 7.26. The van der Waals surface area contributed by atoms with Gasteiger partial charge in [-0.25, -0.2) is 4.79 Å². The molecule has 8 heteroatoms. The van der Waals surface area contributed by atoms with E-state index in [2.05, 4.69) is 22.1 Å². The summed E-state index contributed by atoms with van der Waals surface area (Å²) in [6, 6.07) is 0. The zero-order valence-electron chi connectivity index (χ0n) is 12.7. The van der Waals surface area contributed by atoms with Crippen molar-refractivity contribution in [2.45, 2.75) is 32.8 Å². The first-order valence-electron chi connectivity index (χ1n) is 6.54. The van der Waals surface area contributed by atoms with Gasteiger partial charge in [0.25, 0.3) is 0 Å². The van der Waals surface area contributed by atoms with Crippen LogP contribution in [0.15, 0.2) is 12.4 Å². The smallest absolute Gasteiger partial charge is 0.407 e. The number of nitrogen functional groups attached to an aromatic ring is 1. The lowest BCUT2D eigenvalue weighted by Gasteiger charge is -2.19. The third kappa shape index (κ3) is 5.66. The number of rotatable bonds is 3. The van der Waals surface area contributed by atoms with Gasteiger partial charge in [0.05, 0.1) is 10.5 Å². The summed E-state index contributed by atoms with van der Waals surface area (Å²) in [6.07, 6.45) is 2.26. The fraction of sp³-hybridized carbons (Fsp3) is 0.429. The molecule has 0 aliphatic rings. The van der Waals surface area contributed by atoms with E-state index in [-0.39, 0.29) is 16.9 Å². The Hall–Kier alpha value is -2.82. The summed E-state index contributed by atoms with van der Waals surface area (Å²) in [7, 11) is 0. The Labute approximate surface area is 128 Å². The normalized spacial score (nSPS) is 10.3. The van der Waals surface area contributed by atoms with E-state index in [0.29, 0.717) is 13.0 Å². The summed E-state index contributed by atoms with van der Waals surface area (Å²) in [5.74, 6) is 5.46. The number of pyridine rings is 1. The van der Waals surface area contributed by atoms with Crippen molar-refractivity contribution < 1.29 is 14.5 Å². The number of ether oxygens (including phenoxy) is 1. The first-order valence-corrected chi connectivity index (χ1v) is 6.54. The third-order valence-electron chi connectivity index (χ3n) is 2.30. The van der Waals surface area contributed by atoms with Crippen molar-refractivity contribution in [1.82, 2.24) is 10.3 Å². The standard InChI is InChI=1S/C14H18N4O4/c1-14(2,3)22-13(19)17-7-5-4-6-10-8-16-9-11(12(10)15)18(20)21/h8-9H,5,7H2,1-3H3,(H2,15,16)(H,17,19). The van der Waals surface area contributed by atoms with Crippen molar-refractivity contribution in [3.8, 4) is 11.8 Å². The lowest BCUT2D eigenvalue weighted by Crippen LogP contribution is -2.32. The molecule has 1 heterocycles. The van der Waals surface area contributed by atoms with Gasteiger partial charge in [-0.2, -0.15) is 0 Å². The first-order chi connectivity index (χ1) is 10.2. The van der Waals surface area contributed by atoms with Crippen LogP contribution in [0.5, 0.6) is 0 Å². The molecule has 0 aromatic carbocycles. The zero-order valence-corrected chi connectivity index (χ0v) is 12.7. The van der Waals surface area contributed by atoms with Gasteiger partial charge in [0, 0.05) is 19.2 Å². The van der Waals surface area contributed by atoms with E-state index in [1.54, 1.807) is 20.8 Å². The molecule has 0 atom stereocenters. The first kappa shape index (κ1) is 17.2. The number of anilines is 1. The van der Waals surface area contributed by atoms with E-state index >= 15 is 0 Å². The number of nitrogens with one attached hydrogen (secondary N) is 1. The van der Waals surface area contributed by atoms with Crippen LogP contribution in [0.25, 0.3) is 0 Å². The average molecular weight is 306 g/mol. The van der Waals surface area contributed by atoms with Crippen LogP contribution in [-0.2, 0) is 4.74 Å². The number of aromatic nitrogens is 1. The molecule has 0 saturated heterocycles. The maximum Gasteiger partial charge on any atom is 0.407 e. The third-order valence-corrected chi connectivity index (χ3v) is 2.30. The van der Waals surface area contributed by atoms with Gasteiger partial charge in [-0.3, -0.25) is 15.1 Å². The molecule has 1 aromatic rings. The summed E-state index contributed by atoms with van der Waals surface area (Å²) in [6.45, 7) is 5.60. The van der Waals surface area contributed by atoms with Crippen LogP contribution in [0.3, 0.4) is 0 Å². The average Bonchev–Trinajstić information content (AvgIpc) is 2.37. The second-order valence-corrected chi connectivity index (χ2v) is 5.36. The van der Waals surface area contributed by atoms with Gasteiger partial charge in [-0.15, -0.1) is 0 Å². The summed E-state index contributed by atoms with van der Waals surface area (Å²) < 4.78 is 5.06. The van der Waals surface area contributed by atoms with Crippen molar-refractivity contribution in [3.05, 3.63) is 28.1 Å². The monoisotopic (exact) mass is 306 g/mol. The summed E-state index contributed by atoms with van der Waals surface area (Å²) in [4.78, 5) is 25.2. The summed E-state index contributed by atoms with van der Waals surface area (Å²) in [5, 5.41) is 13.3. The molecule has 1 rings (SSSR count). The molecule has 0 aliphatic carbocycles. The van der Waals surface area contributed by atoms with Crippen LogP contribution in [0, 0.1) is 22.0 Å². The van der Waals surface area contributed by atoms with Gasteiger partial charge >= 0.3 is 11.8 Å². The van der Waals surface area contributed by atoms with Crippen LogP contribution < -0.4 is 11.1 Å². The predicted molar refractivity (Wildman–Crippen MR) is 81.0 cm³/mol. The number of hydrogen-bond donors (Lipinski definition) is 2. The molecule has 0 bridgehead atoms. The lowest BCUT2D eigenvalue weighted by atomic mass is 10.2. The van der Waals surface area contributed by atoms with Crippen LogP contribution in [0.2, 0.25) is 0 Å². The Morgan fingerprint density at radius 2 is 2.18 bits per heavy atom. The van der Waals surface area contributed by atoms with E-state index in [0.717, 1.165) is 6.20 Å². The summed E-state index contributed by atoms with van der Waals surface area (Å²) >= 11 is 0. The van der Waals surface area contributed by atoms with E-state index in [9.17, 15) is 14.9 Å². The molecule has 0 fully saturated rings. The summed E-state index contributed by atoms with van der Waals surface area (Å²) in [5.41, 5.74) is 5.07. The largest absolute Gasteiger partial charge is 0.444 e. The fourth-order valence-corrected chi connectivity index (χ4v) is 1.40. The topological polar surface area (TPSA) is 120 Å². The molecule has 0 saturated carbocycles. The van der Waals surface area contributed by atoms with Crippen LogP contribution in [-0.4, -0.2) is 28.1 Å². The minimum absolute atomic E-state index is 0.0207. The van der Waals surface area contributed by atoms with Crippen molar-refractivity contribution >= 4 is 17.5 Å². The molecule has 1 aromatic heterocycles. The number of carbonyl (C=O) groups is 1. The number of nitrogens with zero attached hydrogens (tertiary/aromatic N) is 2. The molecule has 0 unspecified atom stereocenters. The molecule has 3 N–H and O–H groups in total. The Kier molecular flexibility index (Phi) is 5.69.